The number of rotatable bonds is 6. The van der Waals surface area contributed by atoms with Crippen molar-refractivity contribution < 1.29 is 29.0 Å². The first-order valence-electron chi connectivity index (χ1n) is 8.72. The number of methoxy groups -OCH3 is 1. The van der Waals surface area contributed by atoms with E-state index in [2.05, 4.69) is 0 Å². The van der Waals surface area contributed by atoms with Crippen molar-refractivity contribution in [2.45, 2.75) is 19.3 Å². The Morgan fingerprint density at radius 1 is 1.27 bits per heavy atom. The monoisotopic (exact) mass is 361 g/mol. The number of fused-ring (bicyclic) bond motifs is 1. The van der Waals surface area contributed by atoms with Crippen LogP contribution in [0.4, 0.5) is 0 Å². The fraction of sp³-hybridized carbons (Fsp3) is 0.526. The predicted octanol–water partition coefficient (Wildman–Crippen LogP) is 1.61. The van der Waals surface area contributed by atoms with E-state index in [1.807, 2.05) is 0 Å². The molecule has 140 valence electrons. The second-order valence-corrected chi connectivity index (χ2v) is 6.91. The number of likely N-dealkylation sites (tertiary alicyclic amines) is 1. The van der Waals surface area contributed by atoms with Crippen LogP contribution in [0.25, 0.3) is 0 Å². The number of hydrogen-bond acceptors (Lipinski definition) is 5. The molecular weight excluding hydrogens is 338 g/mol. The molecule has 7 nitrogen and oxygen atoms in total. The summed E-state index contributed by atoms with van der Waals surface area (Å²) in [5, 5.41) is 9.65. The van der Waals surface area contributed by atoms with E-state index >= 15 is 0 Å². The quantitative estimate of drug-likeness (QED) is 0.774. The molecule has 7 heteroatoms. The molecule has 1 N–H and O–H groups in total. The van der Waals surface area contributed by atoms with Crippen LogP contribution in [0.1, 0.15) is 29.6 Å². The van der Waals surface area contributed by atoms with Crippen molar-refractivity contribution in [3.63, 3.8) is 0 Å². The first kappa shape index (κ1) is 18.4. The van der Waals surface area contributed by atoms with Crippen LogP contribution < -0.4 is 4.74 Å². The Bertz CT molecular complexity index is 700. The van der Waals surface area contributed by atoms with Crippen LogP contribution in [0, 0.1) is 11.3 Å². The summed E-state index contributed by atoms with van der Waals surface area (Å²) < 4.78 is 10.5. The number of amides is 1. The van der Waals surface area contributed by atoms with Crippen LogP contribution in [-0.2, 0) is 14.3 Å². The summed E-state index contributed by atoms with van der Waals surface area (Å²) in [7, 11) is 1.55. The Kier molecular flexibility index (Phi) is 5.27. The average molecular weight is 361 g/mol. The molecular formula is C19H23NO6. The number of benzene rings is 1. The second-order valence-electron chi connectivity index (χ2n) is 6.91. The minimum absolute atomic E-state index is 0.0775. The lowest BCUT2D eigenvalue weighted by Gasteiger charge is -2.33. The number of aliphatic carboxylic acids is 1. The normalized spacial score (nSPS) is 24.8. The number of carbonyl (C=O) groups is 3. The molecule has 2 atom stereocenters. The zero-order chi connectivity index (χ0) is 18.7. The van der Waals surface area contributed by atoms with Crippen molar-refractivity contribution in [2.24, 2.45) is 11.3 Å². The topological polar surface area (TPSA) is 93.1 Å². The zero-order valence-electron chi connectivity index (χ0n) is 14.8. The van der Waals surface area contributed by atoms with Crippen LogP contribution in [0.2, 0.25) is 0 Å². The first-order valence-corrected chi connectivity index (χ1v) is 8.72. The number of nitrogens with zero attached hydrogens (tertiary/aromatic N) is 1. The molecule has 2 saturated heterocycles. The third kappa shape index (κ3) is 3.44. The van der Waals surface area contributed by atoms with E-state index in [1.165, 1.54) is 0 Å². The van der Waals surface area contributed by atoms with Crippen LogP contribution in [0.3, 0.4) is 0 Å². The Hall–Kier alpha value is -2.41. The van der Waals surface area contributed by atoms with Crippen molar-refractivity contribution in [2.75, 3.05) is 33.4 Å². The van der Waals surface area contributed by atoms with Gasteiger partial charge in [-0.3, -0.25) is 14.4 Å². The van der Waals surface area contributed by atoms with Gasteiger partial charge in [0, 0.05) is 44.0 Å². The van der Waals surface area contributed by atoms with E-state index in [0.717, 1.165) is 0 Å². The number of hydrogen-bond donors (Lipinski definition) is 1. The van der Waals surface area contributed by atoms with Crippen LogP contribution in [0.15, 0.2) is 24.3 Å². The molecule has 0 saturated carbocycles. The van der Waals surface area contributed by atoms with Gasteiger partial charge in [-0.25, -0.2) is 0 Å². The van der Waals surface area contributed by atoms with Gasteiger partial charge in [-0.1, -0.05) is 0 Å². The number of ketones is 1. The summed E-state index contributed by atoms with van der Waals surface area (Å²) in [6.07, 6.45) is 0.596. The van der Waals surface area contributed by atoms with Gasteiger partial charge < -0.3 is 19.5 Å². The highest BCUT2D eigenvalue weighted by Gasteiger charge is 2.54. The lowest BCUT2D eigenvalue weighted by atomic mass is 9.74. The molecule has 0 unspecified atom stereocenters. The van der Waals surface area contributed by atoms with E-state index in [9.17, 15) is 19.5 Å². The average Bonchev–Trinajstić information content (AvgIpc) is 3.07. The summed E-state index contributed by atoms with van der Waals surface area (Å²) in [4.78, 5) is 38.1. The second kappa shape index (κ2) is 7.45. The standard InChI is InChI=1S/C19H23NO6/c1-25-15-4-2-13(3-5-15)16(21)6-7-17(22)20-10-14-11-26-9-8-19(14,12-20)18(23)24/h2-5,14H,6-12H2,1H3,(H,23,24)/t14-,19+/m0/s1. The Morgan fingerprint density at radius 2 is 2.00 bits per heavy atom. The third-order valence-corrected chi connectivity index (χ3v) is 5.46. The van der Waals surface area contributed by atoms with Gasteiger partial charge in [-0.05, 0) is 30.7 Å². The molecule has 3 rings (SSSR count). The summed E-state index contributed by atoms with van der Waals surface area (Å²) in [5.41, 5.74) is -0.377. The van der Waals surface area contributed by atoms with E-state index < -0.39 is 11.4 Å². The maximum atomic E-state index is 12.5. The van der Waals surface area contributed by atoms with Crippen molar-refractivity contribution in [3.8, 4) is 5.75 Å². The van der Waals surface area contributed by atoms with E-state index in [0.29, 0.717) is 37.5 Å². The SMILES string of the molecule is COc1ccc(C(=O)CCC(=O)N2C[C@H]3COCC[C@@]3(C(=O)O)C2)cc1. The molecule has 2 heterocycles. The highest BCUT2D eigenvalue weighted by molar-refractivity contribution is 5.98. The fourth-order valence-electron chi connectivity index (χ4n) is 3.79. The lowest BCUT2D eigenvalue weighted by molar-refractivity contribution is -0.157. The maximum absolute atomic E-state index is 12.5. The Balaban J connectivity index is 1.58. The van der Waals surface area contributed by atoms with Crippen molar-refractivity contribution in [1.29, 1.82) is 0 Å². The molecule has 0 radical (unpaired) electrons. The summed E-state index contributed by atoms with van der Waals surface area (Å²) in [6, 6.07) is 6.76. The summed E-state index contributed by atoms with van der Waals surface area (Å²) in [5.74, 6) is -0.681. The van der Waals surface area contributed by atoms with Gasteiger partial charge in [0.05, 0.1) is 19.1 Å². The number of carbonyl (C=O) groups excluding carboxylic acids is 2. The predicted molar refractivity (Wildman–Crippen MR) is 92.1 cm³/mol. The molecule has 2 fully saturated rings. The summed E-state index contributed by atoms with van der Waals surface area (Å²) in [6.45, 7) is 1.34. The number of Topliss-reactive ketones (excluding diaryl/α,β-unsaturated/α-hetero) is 1. The molecule has 0 spiro atoms. The maximum Gasteiger partial charge on any atom is 0.311 e. The minimum Gasteiger partial charge on any atom is -0.497 e. The molecule has 0 aromatic heterocycles. The van der Waals surface area contributed by atoms with Gasteiger partial charge >= 0.3 is 5.97 Å². The highest BCUT2D eigenvalue weighted by Crippen LogP contribution is 2.42. The molecule has 1 amide bonds. The number of ether oxygens (including phenoxy) is 2. The Morgan fingerprint density at radius 3 is 2.62 bits per heavy atom. The lowest BCUT2D eigenvalue weighted by Crippen LogP contribution is -2.45. The van der Waals surface area contributed by atoms with Gasteiger partial charge in [0.15, 0.2) is 5.78 Å². The fourth-order valence-corrected chi connectivity index (χ4v) is 3.79. The van der Waals surface area contributed by atoms with Crippen molar-refractivity contribution in [1.82, 2.24) is 4.90 Å². The molecule has 0 bridgehead atoms. The molecule has 1 aromatic rings. The minimum atomic E-state index is -0.909. The van der Waals surface area contributed by atoms with Crippen LogP contribution in [0.5, 0.6) is 5.75 Å². The van der Waals surface area contributed by atoms with Crippen LogP contribution in [-0.4, -0.2) is 61.1 Å². The van der Waals surface area contributed by atoms with Crippen molar-refractivity contribution in [3.05, 3.63) is 29.8 Å². The largest absolute Gasteiger partial charge is 0.497 e. The van der Waals surface area contributed by atoms with Crippen molar-refractivity contribution >= 4 is 17.7 Å². The van der Waals surface area contributed by atoms with E-state index in [1.54, 1.807) is 36.3 Å². The molecule has 1 aromatic carbocycles. The van der Waals surface area contributed by atoms with Gasteiger partial charge in [-0.15, -0.1) is 0 Å². The highest BCUT2D eigenvalue weighted by atomic mass is 16.5. The van der Waals surface area contributed by atoms with E-state index in [-0.39, 0.29) is 37.0 Å². The molecule has 0 aliphatic carbocycles. The Labute approximate surface area is 151 Å². The first-order chi connectivity index (χ1) is 12.5. The molecule has 26 heavy (non-hydrogen) atoms. The smallest absolute Gasteiger partial charge is 0.311 e. The molecule has 2 aliphatic rings. The van der Waals surface area contributed by atoms with Gasteiger partial charge in [0.2, 0.25) is 5.91 Å². The van der Waals surface area contributed by atoms with Gasteiger partial charge in [-0.2, -0.15) is 0 Å². The van der Waals surface area contributed by atoms with Gasteiger partial charge in [0.1, 0.15) is 5.75 Å². The van der Waals surface area contributed by atoms with Crippen LogP contribution >= 0.6 is 0 Å². The zero-order valence-corrected chi connectivity index (χ0v) is 14.8. The summed E-state index contributed by atoms with van der Waals surface area (Å²) >= 11 is 0. The van der Waals surface area contributed by atoms with E-state index in [4.69, 9.17) is 9.47 Å². The number of carboxylic acids is 1. The number of carboxylic acid groups (broad SMARTS) is 1. The third-order valence-electron chi connectivity index (χ3n) is 5.46. The molecule has 2 aliphatic heterocycles. The van der Waals surface area contributed by atoms with Gasteiger partial charge in [0.25, 0.3) is 0 Å².